The number of carboxylic acids is 1. The highest BCUT2D eigenvalue weighted by atomic mass is 32.3. The molecule has 0 unspecified atom stereocenters. The van der Waals surface area contributed by atoms with E-state index in [0.29, 0.717) is 0 Å². The number of carboxylic acid groups (broad SMARTS) is 1. The second-order valence-corrected chi connectivity index (χ2v) is 2.88. The summed E-state index contributed by atoms with van der Waals surface area (Å²) in [6.07, 6.45) is 2.90. The van der Waals surface area contributed by atoms with E-state index < -0.39 is 16.4 Å². The van der Waals surface area contributed by atoms with Crippen molar-refractivity contribution in [3.63, 3.8) is 0 Å². The molecule has 0 aliphatic heterocycles. The molecule has 14 heavy (non-hydrogen) atoms. The van der Waals surface area contributed by atoms with Crippen LogP contribution in [0.2, 0.25) is 0 Å². The first kappa shape index (κ1) is 12.5. The molecule has 1 heterocycles. The number of nitrogens with zero attached hydrogens (tertiary/aromatic N) is 1. The molecule has 8 heteroatoms. The Labute approximate surface area is 79.6 Å². The average molecular weight is 221 g/mol. The first-order valence-electron chi connectivity index (χ1n) is 3.14. The number of aromatic nitrogens is 1. The predicted molar refractivity (Wildman–Crippen MR) is 45.4 cm³/mol. The number of hydrogen-bond donors (Lipinski definition) is 3. The number of hydrogen-bond acceptors (Lipinski definition) is 4. The van der Waals surface area contributed by atoms with Gasteiger partial charge in [-0.05, 0) is 12.1 Å². The fraction of sp³-hybridized carbons (Fsp3) is 0. The van der Waals surface area contributed by atoms with Crippen LogP contribution in [0.25, 0.3) is 0 Å². The Morgan fingerprint density at radius 2 is 1.57 bits per heavy atom. The van der Waals surface area contributed by atoms with Gasteiger partial charge < -0.3 is 5.11 Å². The van der Waals surface area contributed by atoms with Crippen molar-refractivity contribution in [3.05, 3.63) is 30.1 Å². The van der Waals surface area contributed by atoms with E-state index >= 15 is 0 Å². The van der Waals surface area contributed by atoms with Crippen LogP contribution in [0.15, 0.2) is 24.5 Å². The Morgan fingerprint density at radius 3 is 1.79 bits per heavy atom. The molecule has 0 aliphatic rings. The van der Waals surface area contributed by atoms with Crippen molar-refractivity contribution < 1.29 is 27.4 Å². The minimum Gasteiger partial charge on any atom is -0.478 e. The van der Waals surface area contributed by atoms with Gasteiger partial charge in [-0.3, -0.25) is 14.1 Å². The van der Waals surface area contributed by atoms with E-state index in [-0.39, 0.29) is 5.56 Å². The Balaban J connectivity index is 0.000000292. The normalized spacial score (nSPS) is 9.86. The maximum Gasteiger partial charge on any atom is 0.394 e. The molecule has 0 bridgehead atoms. The minimum atomic E-state index is -4.67. The van der Waals surface area contributed by atoms with E-state index in [1.54, 1.807) is 0 Å². The molecule has 3 N–H and O–H groups in total. The second kappa shape index (κ2) is 5.27. The van der Waals surface area contributed by atoms with Gasteiger partial charge in [0.2, 0.25) is 0 Å². The molecule has 7 nitrogen and oxygen atoms in total. The smallest absolute Gasteiger partial charge is 0.394 e. The van der Waals surface area contributed by atoms with E-state index in [1.165, 1.54) is 24.5 Å². The van der Waals surface area contributed by atoms with Crippen LogP contribution < -0.4 is 0 Å². The van der Waals surface area contributed by atoms with E-state index in [0.717, 1.165) is 0 Å². The van der Waals surface area contributed by atoms with Gasteiger partial charge in [-0.25, -0.2) is 4.79 Å². The van der Waals surface area contributed by atoms with Crippen molar-refractivity contribution in [3.8, 4) is 0 Å². The third kappa shape index (κ3) is 8.59. The molecule has 0 saturated carbocycles. The molecule has 0 fully saturated rings. The summed E-state index contributed by atoms with van der Waals surface area (Å²) in [4.78, 5) is 13.8. The fourth-order valence-electron chi connectivity index (χ4n) is 0.494. The van der Waals surface area contributed by atoms with Crippen LogP contribution in [0.3, 0.4) is 0 Å². The van der Waals surface area contributed by atoms with Crippen LogP contribution in [0, 0.1) is 0 Å². The molecular formula is C6H7NO6S. The largest absolute Gasteiger partial charge is 0.478 e. The first-order chi connectivity index (χ1) is 6.30. The maximum atomic E-state index is 10.2. The molecule has 1 rings (SSSR count). The summed E-state index contributed by atoms with van der Waals surface area (Å²) < 4.78 is 31.6. The highest BCUT2D eigenvalue weighted by Crippen LogP contribution is 1.93. The predicted octanol–water partition coefficient (Wildman–Crippen LogP) is 0.127. The summed E-state index contributed by atoms with van der Waals surface area (Å²) in [7, 11) is -4.67. The SMILES string of the molecule is O=C(O)c1ccncc1.O=S(=O)(O)O. The van der Waals surface area contributed by atoms with Gasteiger partial charge in [0, 0.05) is 12.4 Å². The quantitative estimate of drug-likeness (QED) is 0.575. The molecule has 0 aromatic carbocycles. The fourth-order valence-corrected chi connectivity index (χ4v) is 0.494. The standard InChI is InChI=1S/C6H5NO2.H2O4S/c8-6(9)5-1-3-7-4-2-5;1-5(2,3)4/h1-4H,(H,8,9);(H2,1,2,3,4). The van der Waals surface area contributed by atoms with Crippen molar-refractivity contribution in [2.75, 3.05) is 0 Å². The lowest BCUT2D eigenvalue weighted by atomic mass is 10.3. The van der Waals surface area contributed by atoms with Gasteiger partial charge in [0.05, 0.1) is 5.56 Å². The van der Waals surface area contributed by atoms with E-state index in [9.17, 15) is 4.79 Å². The van der Waals surface area contributed by atoms with E-state index in [4.69, 9.17) is 22.6 Å². The molecule has 0 amide bonds. The van der Waals surface area contributed by atoms with Crippen LogP contribution in [0.4, 0.5) is 0 Å². The molecule has 1 aromatic heterocycles. The zero-order valence-electron chi connectivity index (χ0n) is 6.73. The summed E-state index contributed by atoms with van der Waals surface area (Å²) in [6, 6.07) is 2.89. The van der Waals surface area contributed by atoms with E-state index in [2.05, 4.69) is 4.98 Å². The molecule has 0 radical (unpaired) electrons. The molecule has 0 atom stereocenters. The number of pyridine rings is 1. The van der Waals surface area contributed by atoms with Crippen LogP contribution in [0.5, 0.6) is 0 Å². The Morgan fingerprint density at radius 1 is 1.21 bits per heavy atom. The Hall–Kier alpha value is -1.51. The van der Waals surface area contributed by atoms with Crippen LogP contribution in [-0.4, -0.2) is 33.6 Å². The summed E-state index contributed by atoms with van der Waals surface area (Å²) in [6.45, 7) is 0. The van der Waals surface area contributed by atoms with Crippen molar-refractivity contribution in [2.45, 2.75) is 0 Å². The first-order valence-corrected chi connectivity index (χ1v) is 4.53. The van der Waals surface area contributed by atoms with Gasteiger partial charge in [0.1, 0.15) is 0 Å². The Kier molecular flexibility index (Phi) is 4.70. The molecule has 1 aromatic rings. The van der Waals surface area contributed by atoms with Gasteiger partial charge in [-0.1, -0.05) is 0 Å². The summed E-state index contributed by atoms with van der Waals surface area (Å²) >= 11 is 0. The maximum absolute atomic E-state index is 10.2. The minimum absolute atomic E-state index is 0.269. The molecule has 78 valence electrons. The van der Waals surface area contributed by atoms with Crippen LogP contribution >= 0.6 is 0 Å². The summed E-state index contributed by atoms with van der Waals surface area (Å²) in [5, 5.41) is 8.36. The van der Waals surface area contributed by atoms with Gasteiger partial charge in [0.15, 0.2) is 0 Å². The third-order valence-electron chi connectivity index (χ3n) is 0.927. The zero-order chi connectivity index (χ0) is 11.2. The average Bonchev–Trinajstić information content (AvgIpc) is 2.03. The second-order valence-electron chi connectivity index (χ2n) is 1.99. The highest BCUT2D eigenvalue weighted by molar-refractivity contribution is 7.79. The topological polar surface area (TPSA) is 125 Å². The summed E-state index contributed by atoms with van der Waals surface area (Å²) in [5.74, 6) is -0.919. The highest BCUT2D eigenvalue weighted by Gasteiger charge is 1.97. The number of rotatable bonds is 1. The molecular weight excluding hydrogens is 214 g/mol. The molecule has 0 aliphatic carbocycles. The van der Waals surface area contributed by atoms with Crippen molar-refractivity contribution >= 4 is 16.4 Å². The zero-order valence-corrected chi connectivity index (χ0v) is 7.55. The lowest BCUT2D eigenvalue weighted by Gasteiger charge is -1.87. The number of aromatic carboxylic acids is 1. The van der Waals surface area contributed by atoms with Gasteiger partial charge >= 0.3 is 16.4 Å². The van der Waals surface area contributed by atoms with Gasteiger partial charge in [-0.15, -0.1) is 0 Å². The molecule has 0 saturated heterocycles. The van der Waals surface area contributed by atoms with Gasteiger partial charge in [-0.2, -0.15) is 8.42 Å². The van der Waals surface area contributed by atoms with Crippen molar-refractivity contribution in [1.82, 2.24) is 4.98 Å². The molecule has 0 spiro atoms. The summed E-state index contributed by atoms with van der Waals surface area (Å²) in [5.41, 5.74) is 0.269. The van der Waals surface area contributed by atoms with Crippen molar-refractivity contribution in [2.24, 2.45) is 0 Å². The third-order valence-corrected chi connectivity index (χ3v) is 0.927. The van der Waals surface area contributed by atoms with Crippen LogP contribution in [-0.2, 0) is 10.4 Å². The van der Waals surface area contributed by atoms with Crippen molar-refractivity contribution in [1.29, 1.82) is 0 Å². The lowest BCUT2D eigenvalue weighted by molar-refractivity contribution is 0.0696. The monoisotopic (exact) mass is 221 g/mol. The Bertz CT molecular complexity index is 378. The lowest BCUT2D eigenvalue weighted by Crippen LogP contribution is -1.94. The van der Waals surface area contributed by atoms with Crippen LogP contribution in [0.1, 0.15) is 10.4 Å². The van der Waals surface area contributed by atoms with Gasteiger partial charge in [0.25, 0.3) is 0 Å². The van der Waals surface area contributed by atoms with E-state index in [1.807, 2.05) is 0 Å². The number of carbonyl (C=O) groups is 1.